The largest absolute Gasteiger partial charge is 0.481 e. The van der Waals surface area contributed by atoms with Crippen molar-refractivity contribution in [2.24, 2.45) is 0 Å². The van der Waals surface area contributed by atoms with Gasteiger partial charge in [0.05, 0.1) is 14.2 Å². The van der Waals surface area contributed by atoms with Crippen LogP contribution in [0.15, 0.2) is 6.07 Å². The zero-order chi connectivity index (χ0) is 14.5. The summed E-state index contributed by atoms with van der Waals surface area (Å²) < 4.78 is 10.3. The molecular formula is C13H22N4O3. The number of aromatic nitrogens is 2. The lowest BCUT2D eigenvalue weighted by Gasteiger charge is -2.39. The van der Waals surface area contributed by atoms with Gasteiger partial charge in [-0.05, 0) is 13.5 Å². The van der Waals surface area contributed by atoms with E-state index in [1.165, 1.54) is 7.11 Å². The summed E-state index contributed by atoms with van der Waals surface area (Å²) in [6, 6.07) is 2.43. The lowest BCUT2D eigenvalue weighted by atomic mass is 10.1. The Bertz CT molecular complexity index is 421. The Morgan fingerprint density at radius 3 is 2.75 bits per heavy atom. The van der Waals surface area contributed by atoms with Crippen molar-refractivity contribution in [1.29, 1.82) is 0 Å². The molecule has 0 spiro atoms. The number of hydrogen-bond donors (Lipinski definition) is 1. The Morgan fingerprint density at radius 1 is 1.30 bits per heavy atom. The van der Waals surface area contributed by atoms with Gasteiger partial charge in [-0.2, -0.15) is 9.97 Å². The van der Waals surface area contributed by atoms with Gasteiger partial charge in [-0.15, -0.1) is 0 Å². The molecule has 1 atom stereocenters. The first-order valence-corrected chi connectivity index (χ1v) is 6.71. The predicted molar refractivity (Wildman–Crippen MR) is 75.5 cm³/mol. The number of anilines is 1. The first-order valence-electron chi connectivity index (χ1n) is 6.71. The van der Waals surface area contributed by atoms with Crippen molar-refractivity contribution in [3.05, 3.63) is 6.07 Å². The molecule has 0 aliphatic carbocycles. The van der Waals surface area contributed by atoms with Gasteiger partial charge in [-0.1, -0.05) is 0 Å². The van der Waals surface area contributed by atoms with Crippen LogP contribution >= 0.6 is 0 Å². The minimum atomic E-state index is 0.194. The van der Waals surface area contributed by atoms with Crippen LogP contribution in [0.5, 0.6) is 11.9 Å². The van der Waals surface area contributed by atoms with Gasteiger partial charge >= 0.3 is 6.01 Å². The number of methoxy groups -OCH3 is 2. The van der Waals surface area contributed by atoms with Crippen molar-refractivity contribution >= 4 is 5.82 Å². The number of aliphatic hydroxyl groups excluding tert-OH is 1. The Kier molecular flexibility index (Phi) is 4.97. The summed E-state index contributed by atoms with van der Waals surface area (Å²) >= 11 is 0. The molecule has 0 aromatic carbocycles. The van der Waals surface area contributed by atoms with Crippen molar-refractivity contribution in [3.8, 4) is 11.9 Å². The molecule has 7 heteroatoms. The Balaban J connectivity index is 2.18. The minimum Gasteiger partial charge on any atom is -0.481 e. The smallest absolute Gasteiger partial charge is 0.321 e. The second-order valence-corrected chi connectivity index (χ2v) is 4.85. The fourth-order valence-electron chi connectivity index (χ4n) is 2.36. The molecular weight excluding hydrogens is 260 g/mol. The van der Waals surface area contributed by atoms with Crippen molar-refractivity contribution in [2.75, 3.05) is 52.4 Å². The third-order valence-corrected chi connectivity index (χ3v) is 3.62. The fraction of sp³-hybridized carbons (Fsp3) is 0.692. The van der Waals surface area contributed by atoms with E-state index < -0.39 is 0 Å². The van der Waals surface area contributed by atoms with Crippen LogP contribution in [0.3, 0.4) is 0 Å². The molecule has 1 aromatic rings. The second-order valence-electron chi connectivity index (χ2n) is 4.85. The van der Waals surface area contributed by atoms with Crippen molar-refractivity contribution in [1.82, 2.24) is 14.9 Å². The highest BCUT2D eigenvalue weighted by Gasteiger charge is 2.25. The number of likely N-dealkylation sites (N-methyl/N-ethyl adjacent to an activating group) is 1. The van der Waals surface area contributed by atoms with E-state index in [9.17, 15) is 0 Å². The van der Waals surface area contributed by atoms with Gasteiger partial charge in [-0.3, -0.25) is 4.90 Å². The summed E-state index contributed by atoms with van der Waals surface area (Å²) in [4.78, 5) is 12.9. The molecule has 1 fully saturated rings. The number of piperazine rings is 1. The zero-order valence-corrected chi connectivity index (χ0v) is 12.2. The molecule has 1 aliphatic heterocycles. The first kappa shape index (κ1) is 14.8. The second kappa shape index (κ2) is 6.71. The van der Waals surface area contributed by atoms with Gasteiger partial charge in [0.25, 0.3) is 0 Å². The quantitative estimate of drug-likeness (QED) is 0.815. The van der Waals surface area contributed by atoms with Crippen molar-refractivity contribution in [2.45, 2.75) is 12.5 Å². The van der Waals surface area contributed by atoms with E-state index in [1.807, 2.05) is 6.07 Å². The Morgan fingerprint density at radius 2 is 2.10 bits per heavy atom. The van der Waals surface area contributed by atoms with E-state index in [0.717, 1.165) is 31.9 Å². The summed E-state index contributed by atoms with van der Waals surface area (Å²) in [6.07, 6.45) is 0.756. The van der Waals surface area contributed by atoms with Gasteiger partial charge in [0.1, 0.15) is 5.82 Å². The molecule has 1 aromatic heterocycles. The molecule has 0 saturated carbocycles. The summed E-state index contributed by atoms with van der Waals surface area (Å²) in [5.74, 6) is 1.29. The highest BCUT2D eigenvalue weighted by Crippen LogP contribution is 2.23. The van der Waals surface area contributed by atoms with Crippen LogP contribution in [-0.2, 0) is 0 Å². The average Bonchev–Trinajstić information content (AvgIpc) is 2.49. The maximum absolute atomic E-state index is 9.15. The van der Waals surface area contributed by atoms with E-state index in [1.54, 1.807) is 7.11 Å². The molecule has 2 rings (SSSR count). The molecule has 1 aliphatic rings. The number of hydrogen-bond acceptors (Lipinski definition) is 7. The molecule has 0 bridgehead atoms. The van der Waals surface area contributed by atoms with Crippen molar-refractivity contribution < 1.29 is 14.6 Å². The number of aliphatic hydroxyl groups is 1. The molecule has 112 valence electrons. The van der Waals surface area contributed by atoms with Crippen LogP contribution in [0.2, 0.25) is 0 Å². The third kappa shape index (κ3) is 3.29. The minimum absolute atomic E-state index is 0.194. The molecule has 0 amide bonds. The van der Waals surface area contributed by atoms with Gasteiger partial charge < -0.3 is 19.5 Å². The summed E-state index contributed by atoms with van der Waals surface area (Å²) in [5, 5.41) is 9.15. The fourth-order valence-corrected chi connectivity index (χ4v) is 2.36. The Hall–Kier alpha value is -1.60. The van der Waals surface area contributed by atoms with E-state index >= 15 is 0 Å². The highest BCUT2D eigenvalue weighted by atomic mass is 16.5. The molecule has 1 unspecified atom stereocenters. The topological polar surface area (TPSA) is 71.0 Å². The summed E-state index contributed by atoms with van der Waals surface area (Å²) in [7, 11) is 5.19. The molecule has 20 heavy (non-hydrogen) atoms. The maximum Gasteiger partial charge on any atom is 0.321 e. The Labute approximate surface area is 119 Å². The van der Waals surface area contributed by atoms with Crippen LogP contribution < -0.4 is 14.4 Å². The summed E-state index contributed by atoms with van der Waals surface area (Å²) in [5.41, 5.74) is 0. The number of ether oxygens (including phenoxy) is 2. The highest BCUT2D eigenvalue weighted by molar-refractivity contribution is 5.43. The first-order chi connectivity index (χ1) is 9.67. The number of rotatable bonds is 5. The van der Waals surface area contributed by atoms with Gasteiger partial charge in [-0.25, -0.2) is 0 Å². The van der Waals surface area contributed by atoms with E-state index in [2.05, 4.69) is 26.8 Å². The predicted octanol–water partition coefficient (Wildman–Crippen LogP) is -0.00340. The van der Waals surface area contributed by atoms with Gasteiger partial charge in [0, 0.05) is 38.3 Å². The monoisotopic (exact) mass is 282 g/mol. The lowest BCUT2D eigenvalue weighted by Crippen LogP contribution is -2.52. The molecule has 0 radical (unpaired) electrons. The molecule has 1 N–H and O–H groups in total. The third-order valence-electron chi connectivity index (χ3n) is 3.62. The van der Waals surface area contributed by atoms with Crippen LogP contribution in [0, 0.1) is 0 Å². The summed E-state index contributed by atoms with van der Waals surface area (Å²) in [6.45, 7) is 2.82. The van der Waals surface area contributed by atoms with Gasteiger partial charge in [0.2, 0.25) is 5.88 Å². The maximum atomic E-state index is 9.15. The zero-order valence-electron chi connectivity index (χ0n) is 12.2. The molecule has 7 nitrogen and oxygen atoms in total. The molecule has 1 saturated heterocycles. The van der Waals surface area contributed by atoms with Crippen molar-refractivity contribution in [3.63, 3.8) is 0 Å². The molecule has 2 heterocycles. The standard InChI is InChI=1S/C13H22N4O3/c1-16-5-6-17(9-10(16)4-7-18)11-8-12(19-2)15-13(14-11)20-3/h8,10,18H,4-7,9H2,1-3H3. The van der Waals surface area contributed by atoms with E-state index in [4.69, 9.17) is 14.6 Å². The average molecular weight is 282 g/mol. The SMILES string of the molecule is COc1cc(N2CCN(C)C(CCO)C2)nc(OC)n1. The van der Waals surface area contributed by atoms with Gasteiger partial charge in [0.15, 0.2) is 0 Å². The number of nitrogens with zero attached hydrogens (tertiary/aromatic N) is 4. The van der Waals surface area contributed by atoms with Crippen LogP contribution in [0.4, 0.5) is 5.82 Å². The lowest BCUT2D eigenvalue weighted by molar-refractivity contribution is 0.170. The van der Waals surface area contributed by atoms with Crippen LogP contribution in [0.25, 0.3) is 0 Å². The normalized spacial score (nSPS) is 20.0. The van der Waals surface area contributed by atoms with E-state index in [-0.39, 0.29) is 6.61 Å². The van der Waals surface area contributed by atoms with Crippen LogP contribution in [-0.4, -0.2) is 73.5 Å². The van der Waals surface area contributed by atoms with E-state index in [0.29, 0.717) is 17.9 Å². The van der Waals surface area contributed by atoms with Crippen LogP contribution in [0.1, 0.15) is 6.42 Å².